The summed E-state index contributed by atoms with van der Waals surface area (Å²) < 4.78 is 0. The van der Waals surface area contributed by atoms with E-state index in [9.17, 15) is 4.79 Å². The van der Waals surface area contributed by atoms with Crippen LogP contribution in [-0.4, -0.2) is 5.78 Å². The molecule has 1 heteroatoms. The lowest BCUT2D eigenvalue weighted by atomic mass is 10.0. The summed E-state index contributed by atoms with van der Waals surface area (Å²) in [5.74, 6) is 7.54. The second kappa shape index (κ2) is 7.51. The van der Waals surface area contributed by atoms with Gasteiger partial charge in [0.15, 0.2) is 0 Å². The molecular formula is C14H22O. The Kier molecular flexibility index (Phi) is 6.16. The summed E-state index contributed by atoms with van der Waals surface area (Å²) in [7, 11) is 0. The van der Waals surface area contributed by atoms with Crippen LogP contribution in [0.15, 0.2) is 0 Å². The molecule has 0 radical (unpaired) electrons. The average molecular weight is 206 g/mol. The standard InChI is InChI=1S/C14H22O/c1-13(15)9-5-4-8-12-14-10-6-2-3-7-11-14/h14H,2-7,9-11H2,1H3. The van der Waals surface area contributed by atoms with Crippen molar-refractivity contribution >= 4 is 5.78 Å². The first kappa shape index (κ1) is 12.3. The zero-order chi connectivity index (χ0) is 10.9. The largest absolute Gasteiger partial charge is 0.300 e. The van der Waals surface area contributed by atoms with Crippen molar-refractivity contribution in [2.75, 3.05) is 0 Å². The molecule has 1 saturated carbocycles. The Morgan fingerprint density at radius 3 is 2.47 bits per heavy atom. The van der Waals surface area contributed by atoms with E-state index >= 15 is 0 Å². The molecule has 0 saturated heterocycles. The maximum Gasteiger partial charge on any atom is 0.129 e. The van der Waals surface area contributed by atoms with Crippen LogP contribution in [0, 0.1) is 17.8 Å². The number of hydrogen-bond donors (Lipinski definition) is 0. The van der Waals surface area contributed by atoms with Crippen LogP contribution in [0.1, 0.15) is 64.7 Å². The van der Waals surface area contributed by atoms with Crippen LogP contribution in [-0.2, 0) is 4.79 Å². The molecule has 0 unspecified atom stereocenters. The smallest absolute Gasteiger partial charge is 0.129 e. The van der Waals surface area contributed by atoms with Gasteiger partial charge in [-0.05, 0) is 26.2 Å². The van der Waals surface area contributed by atoms with Gasteiger partial charge in [0.05, 0.1) is 0 Å². The summed E-state index contributed by atoms with van der Waals surface area (Å²) in [6.07, 6.45) is 10.6. The molecule has 1 nitrogen and oxygen atoms in total. The van der Waals surface area contributed by atoms with E-state index in [2.05, 4.69) is 11.8 Å². The summed E-state index contributed by atoms with van der Waals surface area (Å²) in [6, 6.07) is 0. The third-order valence-electron chi connectivity index (χ3n) is 2.99. The second-order valence-electron chi connectivity index (χ2n) is 4.57. The lowest BCUT2D eigenvalue weighted by Crippen LogP contribution is -1.94. The monoisotopic (exact) mass is 206 g/mol. The van der Waals surface area contributed by atoms with Crippen LogP contribution in [0.3, 0.4) is 0 Å². The van der Waals surface area contributed by atoms with E-state index in [0.29, 0.717) is 12.3 Å². The Hall–Kier alpha value is -0.770. The van der Waals surface area contributed by atoms with Crippen LogP contribution >= 0.6 is 0 Å². The lowest BCUT2D eigenvalue weighted by Gasteiger charge is -2.03. The van der Waals surface area contributed by atoms with Gasteiger partial charge >= 0.3 is 0 Å². The van der Waals surface area contributed by atoms with Crippen molar-refractivity contribution < 1.29 is 4.79 Å². The van der Waals surface area contributed by atoms with Crippen LogP contribution in [0.25, 0.3) is 0 Å². The highest BCUT2D eigenvalue weighted by Crippen LogP contribution is 2.21. The molecule has 0 aliphatic heterocycles. The van der Waals surface area contributed by atoms with Crippen molar-refractivity contribution in [2.45, 2.75) is 64.7 Å². The Morgan fingerprint density at radius 1 is 1.20 bits per heavy atom. The van der Waals surface area contributed by atoms with Gasteiger partial charge in [-0.2, -0.15) is 0 Å². The molecule has 0 amide bonds. The summed E-state index contributed by atoms with van der Waals surface area (Å²) in [5.41, 5.74) is 0. The second-order valence-corrected chi connectivity index (χ2v) is 4.57. The number of hydrogen-bond acceptors (Lipinski definition) is 1. The van der Waals surface area contributed by atoms with E-state index in [0.717, 1.165) is 12.8 Å². The third kappa shape index (κ3) is 6.33. The van der Waals surface area contributed by atoms with Gasteiger partial charge in [-0.15, -0.1) is 5.92 Å². The Balaban J connectivity index is 2.15. The molecular weight excluding hydrogens is 184 g/mol. The fraction of sp³-hybridized carbons (Fsp3) is 0.786. The summed E-state index contributed by atoms with van der Waals surface area (Å²) in [4.78, 5) is 10.7. The zero-order valence-corrected chi connectivity index (χ0v) is 9.85. The topological polar surface area (TPSA) is 17.1 Å². The van der Waals surface area contributed by atoms with E-state index in [-0.39, 0.29) is 5.78 Å². The van der Waals surface area contributed by atoms with Crippen molar-refractivity contribution in [3.63, 3.8) is 0 Å². The van der Waals surface area contributed by atoms with Crippen molar-refractivity contribution in [3.05, 3.63) is 0 Å². The number of carbonyl (C=O) groups excluding carboxylic acids is 1. The molecule has 1 fully saturated rings. The summed E-state index contributed by atoms with van der Waals surface area (Å²) in [5, 5.41) is 0. The molecule has 0 heterocycles. The molecule has 15 heavy (non-hydrogen) atoms. The average Bonchev–Trinajstić information content (AvgIpc) is 2.45. The minimum absolute atomic E-state index is 0.284. The van der Waals surface area contributed by atoms with Gasteiger partial charge in [-0.1, -0.05) is 31.6 Å². The fourth-order valence-electron chi connectivity index (χ4n) is 2.07. The van der Waals surface area contributed by atoms with Crippen molar-refractivity contribution in [3.8, 4) is 11.8 Å². The molecule has 84 valence electrons. The molecule has 0 bridgehead atoms. The summed E-state index contributed by atoms with van der Waals surface area (Å²) in [6.45, 7) is 1.65. The van der Waals surface area contributed by atoms with Gasteiger partial charge in [0.1, 0.15) is 5.78 Å². The molecule has 0 spiro atoms. The van der Waals surface area contributed by atoms with Gasteiger partial charge in [-0.25, -0.2) is 0 Å². The number of rotatable bonds is 3. The van der Waals surface area contributed by atoms with Crippen LogP contribution in [0.5, 0.6) is 0 Å². The molecule has 1 aliphatic rings. The first-order chi connectivity index (χ1) is 7.29. The minimum atomic E-state index is 0.284. The first-order valence-corrected chi connectivity index (χ1v) is 6.27. The quantitative estimate of drug-likeness (QED) is 0.391. The molecule has 0 aromatic rings. The summed E-state index contributed by atoms with van der Waals surface area (Å²) >= 11 is 0. The van der Waals surface area contributed by atoms with Crippen molar-refractivity contribution in [1.82, 2.24) is 0 Å². The normalized spacial score (nSPS) is 17.7. The van der Waals surface area contributed by atoms with E-state index in [4.69, 9.17) is 0 Å². The van der Waals surface area contributed by atoms with Gasteiger partial charge in [0, 0.05) is 18.8 Å². The van der Waals surface area contributed by atoms with E-state index < -0.39 is 0 Å². The predicted octanol–water partition coefficient (Wildman–Crippen LogP) is 3.72. The van der Waals surface area contributed by atoms with Gasteiger partial charge in [-0.3, -0.25) is 0 Å². The van der Waals surface area contributed by atoms with E-state index in [1.807, 2.05) is 0 Å². The van der Waals surface area contributed by atoms with Gasteiger partial charge in [0.25, 0.3) is 0 Å². The van der Waals surface area contributed by atoms with Gasteiger partial charge < -0.3 is 4.79 Å². The SMILES string of the molecule is CC(=O)CCCC#CC1CCCCCC1. The van der Waals surface area contributed by atoms with Crippen molar-refractivity contribution in [1.29, 1.82) is 0 Å². The van der Waals surface area contributed by atoms with Gasteiger partial charge in [0.2, 0.25) is 0 Å². The third-order valence-corrected chi connectivity index (χ3v) is 2.99. The Bertz CT molecular complexity index is 236. The number of Topliss-reactive ketones (excluding diaryl/α,β-unsaturated/α-hetero) is 1. The molecule has 0 atom stereocenters. The first-order valence-electron chi connectivity index (χ1n) is 6.27. The van der Waals surface area contributed by atoms with Crippen LogP contribution in [0.2, 0.25) is 0 Å². The number of unbranched alkanes of at least 4 members (excludes halogenated alkanes) is 1. The molecule has 0 aromatic carbocycles. The van der Waals surface area contributed by atoms with E-state index in [1.54, 1.807) is 6.92 Å². The van der Waals surface area contributed by atoms with Crippen molar-refractivity contribution in [2.24, 2.45) is 5.92 Å². The minimum Gasteiger partial charge on any atom is -0.300 e. The lowest BCUT2D eigenvalue weighted by molar-refractivity contribution is -0.117. The highest BCUT2D eigenvalue weighted by atomic mass is 16.1. The zero-order valence-electron chi connectivity index (χ0n) is 9.85. The van der Waals surface area contributed by atoms with E-state index in [1.165, 1.54) is 38.5 Å². The maximum atomic E-state index is 10.7. The molecule has 0 aromatic heterocycles. The molecule has 0 N–H and O–H groups in total. The fourth-order valence-corrected chi connectivity index (χ4v) is 2.07. The van der Waals surface area contributed by atoms with Crippen LogP contribution < -0.4 is 0 Å². The highest BCUT2D eigenvalue weighted by Gasteiger charge is 2.08. The number of ketones is 1. The maximum absolute atomic E-state index is 10.7. The highest BCUT2D eigenvalue weighted by molar-refractivity contribution is 5.75. The van der Waals surface area contributed by atoms with Crippen LogP contribution in [0.4, 0.5) is 0 Å². The number of carbonyl (C=O) groups is 1. The Labute approximate surface area is 93.6 Å². The molecule has 1 rings (SSSR count). The Morgan fingerprint density at radius 2 is 1.87 bits per heavy atom. The molecule has 1 aliphatic carbocycles. The predicted molar refractivity (Wildman–Crippen MR) is 63.5 cm³/mol.